The highest BCUT2D eigenvalue weighted by Gasteiger charge is 2.11. The fraction of sp³-hybridized carbons (Fsp3) is 0.143. The van der Waals surface area contributed by atoms with E-state index < -0.39 is 0 Å². The molecule has 0 unspecified atom stereocenters. The predicted molar refractivity (Wildman–Crippen MR) is 66.7 cm³/mol. The summed E-state index contributed by atoms with van der Waals surface area (Å²) in [5.74, 6) is 0.639. The Labute approximate surface area is 99.1 Å². The van der Waals surface area contributed by atoms with Crippen molar-refractivity contribution in [2.75, 3.05) is 0 Å². The van der Waals surface area contributed by atoms with E-state index in [1.165, 1.54) is 11.1 Å². The van der Waals surface area contributed by atoms with Gasteiger partial charge in [0.25, 0.3) is 0 Å². The Morgan fingerprint density at radius 2 is 1.94 bits per heavy atom. The zero-order valence-electron chi connectivity index (χ0n) is 9.77. The molecule has 0 saturated carbocycles. The minimum absolute atomic E-state index is 0.639. The fourth-order valence-corrected chi connectivity index (χ4v) is 1.87. The normalized spacial score (nSPS) is 10.9. The van der Waals surface area contributed by atoms with Gasteiger partial charge in [0, 0.05) is 11.8 Å². The van der Waals surface area contributed by atoms with Gasteiger partial charge in [-0.05, 0) is 43.2 Å². The number of rotatable bonds is 1. The second-order valence-electron chi connectivity index (χ2n) is 4.09. The molecule has 3 heteroatoms. The Morgan fingerprint density at radius 3 is 2.76 bits per heavy atom. The van der Waals surface area contributed by atoms with Gasteiger partial charge < -0.3 is 4.42 Å². The van der Waals surface area contributed by atoms with Crippen LogP contribution in [0.4, 0.5) is 0 Å². The van der Waals surface area contributed by atoms with Crippen LogP contribution in [0.5, 0.6) is 0 Å². The molecule has 0 atom stereocenters. The molecule has 3 nitrogen and oxygen atoms in total. The molecule has 0 aliphatic rings. The summed E-state index contributed by atoms with van der Waals surface area (Å²) in [6.45, 7) is 4.16. The van der Waals surface area contributed by atoms with Crippen molar-refractivity contribution in [2.45, 2.75) is 13.8 Å². The molecule has 3 aromatic rings. The first kappa shape index (κ1) is 10.0. The summed E-state index contributed by atoms with van der Waals surface area (Å²) in [6.07, 6.45) is 1.72. The van der Waals surface area contributed by atoms with Gasteiger partial charge in [0.2, 0.25) is 5.89 Å². The minimum Gasteiger partial charge on any atom is -0.434 e. The van der Waals surface area contributed by atoms with Gasteiger partial charge in [0.05, 0.1) is 0 Å². The summed E-state index contributed by atoms with van der Waals surface area (Å²) in [5.41, 5.74) is 4.84. The number of hydrogen-bond acceptors (Lipinski definition) is 3. The zero-order valence-corrected chi connectivity index (χ0v) is 9.77. The Kier molecular flexibility index (Phi) is 2.18. The van der Waals surface area contributed by atoms with Crippen LogP contribution in [0.15, 0.2) is 40.9 Å². The quantitative estimate of drug-likeness (QED) is 0.635. The van der Waals surface area contributed by atoms with Crippen LogP contribution in [-0.2, 0) is 0 Å². The number of hydrogen-bond donors (Lipinski definition) is 0. The number of benzene rings is 1. The van der Waals surface area contributed by atoms with E-state index in [2.05, 4.69) is 29.9 Å². The van der Waals surface area contributed by atoms with Crippen molar-refractivity contribution in [3.8, 4) is 11.5 Å². The lowest BCUT2D eigenvalue weighted by atomic mass is 10.0. The van der Waals surface area contributed by atoms with Gasteiger partial charge in [0.15, 0.2) is 11.2 Å². The topological polar surface area (TPSA) is 38.9 Å². The first-order valence-electron chi connectivity index (χ1n) is 5.54. The number of aryl methyl sites for hydroxylation is 1. The van der Waals surface area contributed by atoms with Gasteiger partial charge in [-0.15, -0.1) is 0 Å². The average molecular weight is 224 g/mol. The van der Waals surface area contributed by atoms with E-state index in [0.29, 0.717) is 11.5 Å². The first-order chi connectivity index (χ1) is 8.25. The summed E-state index contributed by atoms with van der Waals surface area (Å²) < 4.78 is 5.72. The number of oxazole rings is 1. The highest BCUT2D eigenvalue weighted by molar-refractivity contribution is 5.73. The highest BCUT2D eigenvalue weighted by Crippen LogP contribution is 2.27. The molecule has 0 N–H and O–H groups in total. The molecule has 3 rings (SSSR count). The Bertz CT molecular complexity index is 653. The number of nitrogens with zero attached hydrogens (tertiary/aromatic N) is 2. The second-order valence-corrected chi connectivity index (χ2v) is 4.09. The molecular weight excluding hydrogens is 212 g/mol. The van der Waals surface area contributed by atoms with Gasteiger partial charge in [-0.1, -0.05) is 12.1 Å². The van der Waals surface area contributed by atoms with E-state index in [-0.39, 0.29) is 0 Å². The van der Waals surface area contributed by atoms with E-state index in [9.17, 15) is 0 Å². The third-order valence-electron chi connectivity index (χ3n) is 3.00. The minimum atomic E-state index is 0.639. The van der Waals surface area contributed by atoms with Crippen LogP contribution in [0.25, 0.3) is 22.7 Å². The van der Waals surface area contributed by atoms with E-state index in [1.807, 2.05) is 24.3 Å². The third-order valence-corrected chi connectivity index (χ3v) is 3.00. The molecule has 0 spiro atoms. The summed E-state index contributed by atoms with van der Waals surface area (Å²) >= 11 is 0. The molecule has 0 radical (unpaired) electrons. The third kappa shape index (κ3) is 1.60. The van der Waals surface area contributed by atoms with Crippen molar-refractivity contribution in [3.63, 3.8) is 0 Å². The van der Waals surface area contributed by atoms with Crippen LogP contribution in [0.3, 0.4) is 0 Å². The molecule has 2 heterocycles. The summed E-state index contributed by atoms with van der Waals surface area (Å²) in [4.78, 5) is 8.58. The van der Waals surface area contributed by atoms with Crippen molar-refractivity contribution in [1.82, 2.24) is 9.97 Å². The molecule has 0 bridgehead atoms. The second kappa shape index (κ2) is 3.70. The van der Waals surface area contributed by atoms with Gasteiger partial charge in [-0.3, -0.25) is 0 Å². The molecule has 84 valence electrons. The van der Waals surface area contributed by atoms with E-state index >= 15 is 0 Å². The largest absolute Gasteiger partial charge is 0.434 e. The molecule has 0 saturated heterocycles. The van der Waals surface area contributed by atoms with Crippen molar-refractivity contribution in [1.29, 1.82) is 0 Å². The molecule has 0 aliphatic carbocycles. The molecule has 17 heavy (non-hydrogen) atoms. The molecule has 1 aromatic carbocycles. The van der Waals surface area contributed by atoms with Gasteiger partial charge in [0.1, 0.15) is 0 Å². The monoisotopic (exact) mass is 224 g/mol. The maximum Gasteiger partial charge on any atom is 0.229 e. The van der Waals surface area contributed by atoms with E-state index in [4.69, 9.17) is 4.42 Å². The fourth-order valence-electron chi connectivity index (χ4n) is 1.87. The van der Waals surface area contributed by atoms with Gasteiger partial charge in [-0.25, -0.2) is 4.98 Å². The lowest BCUT2D eigenvalue weighted by Crippen LogP contribution is -1.86. The van der Waals surface area contributed by atoms with Crippen LogP contribution in [0.2, 0.25) is 0 Å². The molecule has 0 amide bonds. The molecular formula is C14H12N2O. The lowest BCUT2D eigenvalue weighted by molar-refractivity contribution is 0.619. The SMILES string of the molecule is Cc1cccc(-c2nc3ncccc3o2)c1C. The lowest BCUT2D eigenvalue weighted by Gasteiger charge is -2.03. The first-order valence-corrected chi connectivity index (χ1v) is 5.54. The molecule has 0 fully saturated rings. The standard InChI is InChI=1S/C14H12N2O/c1-9-5-3-6-11(10(9)2)14-16-13-12(17-14)7-4-8-15-13/h3-8H,1-2H3. The van der Waals surface area contributed by atoms with Crippen LogP contribution < -0.4 is 0 Å². The van der Waals surface area contributed by atoms with E-state index in [1.54, 1.807) is 6.20 Å². The van der Waals surface area contributed by atoms with E-state index in [0.717, 1.165) is 11.1 Å². The average Bonchev–Trinajstić information content (AvgIpc) is 2.76. The number of fused-ring (bicyclic) bond motifs is 1. The zero-order chi connectivity index (χ0) is 11.8. The van der Waals surface area contributed by atoms with Crippen LogP contribution in [0, 0.1) is 13.8 Å². The highest BCUT2D eigenvalue weighted by atomic mass is 16.3. The van der Waals surface area contributed by atoms with Crippen LogP contribution >= 0.6 is 0 Å². The van der Waals surface area contributed by atoms with Crippen molar-refractivity contribution < 1.29 is 4.42 Å². The smallest absolute Gasteiger partial charge is 0.229 e. The van der Waals surface area contributed by atoms with Gasteiger partial charge in [-0.2, -0.15) is 4.98 Å². The molecule has 2 aromatic heterocycles. The van der Waals surface area contributed by atoms with Crippen molar-refractivity contribution >= 4 is 11.2 Å². The van der Waals surface area contributed by atoms with Crippen molar-refractivity contribution in [2.24, 2.45) is 0 Å². The Balaban J connectivity index is 2.24. The number of pyridine rings is 1. The van der Waals surface area contributed by atoms with Gasteiger partial charge >= 0.3 is 0 Å². The summed E-state index contributed by atoms with van der Waals surface area (Å²) in [5, 5.41) is 0. The Hall–Kier alpha value is -2.16. The van der Waals surface area contributed by atoms with Crippen LogP contribution in [-0.4, -0.2) is 9.97 Å². The Morgan fingerprint density at radius 1 is 1.06 bits per heavy atom. The van der Waals surface area contributed by atoms with Crippen LogP contribution in [0.1, 0.15) is 11.1 Å². The number of aromatic nitrogens is 2. The summed E-state index contributed by atoms with van der Waals surface area (Å²) in [6, 6.07) is 9.84. The maximum absolute atomic E-state index is 5.72. The predicted octanol–water partition coefficient (Wildman–Crippen LogP) is 3.51. The molecule has 0 aliphatic heterocycles. The van der Waals surface area contributed by atoms with Crippen molar-refractivity contribution in [3.05, 3.63) is 47.7 Å². The summed E-state index contributed by atoms with van der Waals surface area (Å²) in [7, 11) is 0. The maximum atomic E-state index is 5.72.